The van der Waals surface area contributed by atoms with E-state index in [1.165, 1.54) is 19.1 Å². The molecule has 0 saturated heterocycles. The minimum Gasteiger partial charge on any atom is -0.486 e. The fourth-order valence-corrected chi connectivity index (χ4v) is 1.48. The third-order valence-corrected chi connectivity index (χ3v) is 2.52. The maximum atomic E-state index is 13.6. The first-order chi connectivity index (χ1) is 8.18. The summed E-state index contributed by atoms with van der Waals surface area (Å²) in [5.41, 5.74) is 0.921. The van der Waals surface area contributed by atoms with E-state index >= 15 is 0 Å². The molecule has 1 nitrogen and oxygen atoms in total. The highest BCUT2D eigenvalue weighted by molar-refractivity contribution is 5.31. The van der Waals surface area contributed by atoms with Gasteiger partial charge in [0.25, 0.3) is 0 Å². The summed E-state index contributed by atoms with van der Waals surface area (Å²) in [7, 11) is 0. The molecule has 0 atom stereocenters. The van der Waals surface area contributed by atoms with E-state index in [4.69, 9.17) is 4.74 Å². The van der Waals surface area contributed by atoms with Crippen molar-refractivity contribution in [3.05, 3.63) is 65.2 Å². The third-order valence-electron chi connectivity index (χ3n) is 2.52. The average Bonchev–Trinajstić information content (AvgIpc) is 2.36. The predicted molar refractivity (Wildman–Crippen MR) is 61.9 cm³/mol. The number of hydrogen-bond acceptors (Lipinski definition) is 1. The molecule has 2 rings (SSSR count). The summed E-state index contributed by atoms with van der Waals surface area (Å²) in [4.78, 5) is 0. The Bertz CT molecular complexity index is 509. The van der Waals surface area contributed by atoms with Crippen molar-refractivity contribution >= 4 is 0 Å². The Morgan fingerprint density at radius 3 is 2.41 bits per heavy atom. The van der Waals surface area contributed by atoms with Crippen LogP contribution < -0.4 is 4.74 Å². The van der Waals surface area contributed by atoms with Crippen LogP contribution in [0.5, 0.6) is 5.75 Å². The molecule has 0 radical (unpaired) electrons. The van der Waals surface area contributed by atoms with Gasteiger partial charge >= 0.3 is 0 Å². The molecule has 0 fully saturated rings. The van der Waals surface area contributed by atoms with Crippen molar-refractivity contribution < 1.29 is 13.5 Å². The molecular weight excluding hydrogens is 222 g/mol. The van der Waals surface area contributed by atoms with Gasteiger partial charge in [0.05, 0.1) is 0 Å². The van der Waals surface area contributed by atoms with E-state index in [9.17, 15) is 8.78 Å². The second-order valence-corrected chi connectivity index (χ2v) is 3.76. The molecule has 0 N–H and O–H groups in total. The van der Waals surface area contributed by atoms with Gasteiger partial charge in [-0.05, 0) is 24.6 Å². The first-order valence-corrected chi connectivity index (χ1v) is 5.30. The lowest BCUT2D eigenvalue weighted by molar-refractivity contribution is 0.288. The van der Waals surface area contributed by atoms with Crippen molar-refractivity contribution in [3.8, 4) is 5.75 Å². The zero-order chi connectivity index (χ0) is 12.3. The number of hydrogen-bond donors (Lipinski definition) is 0. The third kappa shape index (κ3) is 2.61. The molecule has 3 heteroatoms. The lowest BCUT2D eigenvalue weighted by atomic mass is 10.2. The van der Waals surface area contributed by atoms with Crippen molar-refractivity contribution in [2.24, 2.45) is 0 Å². The Morgan fingerprint density at radius 2 is 1.71 bits per heavy atom. The zero-order valence-corrected chi connectivity index (χ0v) is 9.41. The second kappa shape index (κ2) is 4.95. The predicted octanol–water partition coefficient (Wildman–Crippen LogP) is 3.85. The van der Waals surface area contributed by atoms with Gasteiger partial charge in [-0.15, -0.1) is 0 Å². The minimum absolute atomic E-state index is 0.0180. The van der Waals surface area contributed by atoms with E-state index in [-0.39, 0.29) is 17.9 Å². The van der Waals surface area contributed by atoms with Crippen molar-refractivity contribution in [1.82, 2.24) is 0 Å². The molecule has 0 heterocycles. The molecule has 0 unspecified atom stereocenters. The summed E-state index contributed by atoms with van der Waals surface area (Å²) >= 11 is 0. The van der Waals surface area contributed by atoms with E-state index in [1.54, 1.807) is 0 Å². The molecule has 17 heavy (non-hydrogen) atoms. The summed E-state index contributed by atoms with van der Waals surface area (Å²) < 4.78 is 31.9. The highest BCUT2D eigenvalue weighted by atomic mass is 19.1. The van der Waals surface area contributed by atoms with E-state index in [1.807, 2.05) is 30.3 Å². The minimum atomic E-state index is -0.638. The van der Waals surface area contributed by atoms with Crippen LogP contribution in [-0.2, 0) is 6.61 Å². The van der Waals surface area contributed by atoms with Crippen LogP contribution in [0.25, 0.3) is 0 Å². The van der Waals surface area contributed by atoms with Crippen LogP contribution in [0.1, 0.15) is 11.1 Å². The highest BCUT2D eigenvalue weighted by Crippen LogP contribution is 2.23. The highest BCUT2D eigenvalue weighted by Gasteiger charge is 2.10. The van der Waals surface area contributed by atoms with Gasteiger partial charge in [-0.1, -0.05) is 30.3 Å². The number of halogens is 2. The Balaban J connectivity index is 2.13. The zero-order valence-electron chi connectivity index (χ0n) is 9.41. The fraction of sp³-hybridized carbons (Fsp3) is 0.143. The van der Waals surface area contributed by atoms with Gasteiger partial charge in [0, 0.05) is 5.56 Å². The average molecular weight is 234 g/mol. The van der Waals surface area contributed by atoms with Gasteiger partial charge < -0.3 is 4.74 Å². The molecule has 0 aliphatic heterocycles. The Kier molecular flexibility index (Phi) is 3.38. The molecule has 0 bridgehead atoms. The van der Waals surface area contributed by atoms with Gasteiger partial charge in [0.15, 0.2) is 11.6 Å². The van der Waals surface area contributed by atoms with E-state index in [0.717, 1.165) is 5.56 Å². The first-order valence-electron chi connectivity index (χ1n) is 5.30. The Hall–Kier alpha value is -1.90. The van der Waals surface area contributed by atoms with Gasteiger partial charge in [-0.25, -0.2) is 8.78 Å². The summed E-state index contributed by atoms with van der Waals surface area (Å²) in [6.07, 6.45) is 0. The summed E-state index contributed by atoms with van der Waals surface area (Å²) in [6, 6.07) is 11.9. The molecule has 0 amide bonds. The molecule has 0 saturated carbocycles. The molecule has 0 spiro atoms. The smallest absolute Gasteiger partial charge is 0.170 e. The van der Waals surface area contributed by atoms with E-state index < -0.39 is 11.6 Å². The molecule has 0 aliphatic rings. The topological polar surface area (TPSA) is 9.23 Å². The van der Waals surface area contributed by atoms with Crippen LogP contribution in [0.3, 0.4) is 0 Å². The normalized spacial score (nSPS) is 10.3. The molecule has 2 aromatic carbocycles. The van der Waals surface area contributed by atoms with Crippen LogP contribution in [0, 0.1) is 18.6 Å². The summed E-state index contributed by atoms with van der Waals surface area (Å²) in [5.74, 6) is -1.12. The van der Waals surface area contributed by atoms with Crippen molar-refractivity contribution in [1.29, 1.82) is 0 Å². The largest absolute Gasteiger partial charge is 0.486 e. The van der Waals surface area contributed by atoms with E-state index in [2.05, 4.69) is 0 Å². The SMILES string of the molecule is Cc1c(F)ccc(OCc2ccccc2)c1F. The molecule has 88 valence electrons. The summed E-state index contributed by atoms with van der Waals surface area (Å²) in [6.45, 7) is 1.66. The summed E-state index contributed by atoms with van der Waals surface area (Å²) in [5, 5.41) is 0. The van der Waals surface area contributed by atoms with Crippen LogP contribution in [0.2, 0.25) is 0 Å². The number of benzene rings is 2. The first kappa shape index (κ1) is 11.6. The monoisotopic (exact) mass is 234 g/mol. The molecule has 0 aromatic heterocycles. The van der Waals surface area contributed by atoms with Crippen LogP contribution in [-0.4, -0.2) is 0 Å². The molecule has 2 aromatic rings. The van der Waals surface area contributed by atoms with Crippen molar-refractivity contribution in [3.63, 3.8) is 0 Å². The van der Waals surface area contributed by atoms with Crippen LogP contribution in [0.4, 0.5) is 8.78 Å². The Morgan fingerprint density at radius 1 is 1.00 bits per heavy atom. The number of ether oxygens (including phenoxy) is 1. The van der Waals surface area contributed by atoms with E-state index in [0.29, 0.717) is 0 Å². The van der Waals surface area contributed by atoms with Gasteiger partial charge in [0.1, 0.15) is 12.4 Å². The van der Waals surface area contributed by atoms with Crippen LogP contribution >= 0.6 is 0 Å². The lowest BCUT2D eigenvalue weighted by Crippen LogP contribution is -1.99. The second-order valence-electron chi connectivity index (χ2n) is 3.76. The van der Waals surface area contributed by atoms with Crippen LogP contribution in [0.15, 0.2) is 42.5 Å². The van der Waals surface area contributed by atoms with Gasteiger partial charge in [-0.2, -0.15) is 0 Å². The maximum absolute atomic E-state index is 13.6. The van der Waals surface area contributed by atoms with Crippen molar-refractivity contribution in [2.45, 2.75) is 13.5 Å². The van der Waals surface area contributed by atoms with Gasteiger partial charge in [-0.3, -0.25) is 0 Å². The van der Waals surface area contributed by atoms with Crippen molar-refractivity contribution in [2.75, 3.05) is 0 Å². The van der Waals surface area contributed by atoms with Gasteiger partial charge in [0.2, 0.25) is 0 Å². The lowest BCUT2D eigenvalue weighted by Gasteiger charge is -2.09. The maximum Gasteiger partial charge on any atom is 0.170 e. The quantitative estimate of drug-likeness (QED) is 0.783. The fourth-order valence-electron chi connectivity index (χ4n) is 1.48. The Labute approximate surface area is 98.7 Å². The molecule has 0 aliphatic carbocycles. The number of rotatable bonds is 3. The molecular formula is C14H12F2O. The standard InChI is InChI=1S/C14H12F2O/c1-10-12(15)7-8-13(14(10)16)17-9-11-5-3-2-4-6-11/h2-8H,9H2,1H3.